The molecule has 1 heterocycles. The van der Waals surface area contributed by atoms with E-state index in [-0.39, 0.29) is 11.3 Å². The van der Waals surface area contributed by atoms with E-state index in [1.54, 1.807) is 0 Å². The Labute approximate surface area is 113 Å². The van der Waals surface area contributed by atoms with Crippen molar-refractivity contribution in [2.24, 2.45) is 0 Å². The molecule has 0 spiro atoms. The molecule has 0 saturated carbocycles. The van der Waals surface area contributed by atoms with Crippen LogP contribution in [-0.2, 0) is 4.74 Å². The first-order chi connectivity index (χ1) is 9.15. The summed E-state index contributed by atoms with van der Waals surface area (Å²) in [5.74, 6) is -2.02. The van der Waals surface area contributed by atoms with E-state index < -0.39 is 30.6 Å². The molecule has 0 N–H and O–H groups in total. The highest BCUT2D eigenvalue weighted by Crippen LogP contribution is 2.21. The highest BCUT2D eigenvalue weighted by atomic mass is 19.4. The van der Waals surface area contributed by atoms with Gasteiger partial charge >= 0.3 is 12.1 Å². The van der Waals surface area contributed by atoms with Crippen molar-refractivity contribution in [3.63, 3.8) is 0 Å². The van der Waals surface area contributed by atoms with E-state index in [0.29, 0.717) is 4.90 Å². The average molecular weight is 293 g/mol. The number of methoxy groups -OCH3 is 1. The van der Waals surface area contributed by atoms with Gasteiger partial charge in [0.05, 0.1) is 12.7 Å². The number of hydrogen-bond donors (Lipinski definition) is 0. The van der Waals surface area contributed by atoms with Crippen LogP contribution >= 0.6 is 0 Å². The number of esters is 1. The van der Waals surface area contributed by atoms with E-state index >= 15 is 0 Å². The van der Waals surface area contributed by atoms with Gasteiger partial charge in [-0.25, -0.2) is 4.79 Å². The number of nitrogens with zero attached hydrogens (tertiary/aromatic N) is 1. The fourth-order valence-corrected chi connectivity index (χ4v) is 1.50. The molecule has 1 rings (SSSR count). The Morgan fingerprint density at radius 2 is 2.00 bits per heavy atom. The Hall–Kier alpha value is -1.99. The summed E-state index contributed by atoms with van der Waals surface area (Å²) >= 11 is 0. The minimum absolute atomic E-state index is 0.0356. The van der Waals surface area contributed by atoms with Gasteiger partial charge in [0.1, 0.15) is 12.8 Å². The molecule has 0 atom stereocenters. The maximum atomic E-state index is 12.4. The van der Waals surface area contributed by atoms with Crippen LogP contribution in [0.4, 0.5) is 13.2 Å². The smallest absolute Gasteiger partial charge is 0.406 e. The highest BCUT2D eigenvalue weighted by molar-refractivity contribution is 5.96. The first-order valence-corrected chi connectivity index (χ1v) is 5.70. The highest BCUT2D eigenvalue weighted by Gasteiger charge is 2.35. The number of halogens is 3. The van der Waals surface area contributed by atoms with E-state index in [1.165, 1.54) is 13.8 Å². The van der Waals surface area contributed by atoms with Crippen molar-refractivity contribution < 1.29 is 31.9 Å². The molecule has 20 heavy (non-hydrogen) atoms. The normalized spacial score (nSPS) is 11.6. The maximum absolute atomic E-state index is 12.4. The fraction of sp³-hybridized carbons (Fsp3) is 0.500. The van der Waals surface area contributed by atoms with E-state index in [9.17, 15) is 22.8 Å². The predicted molar refractivity (Wildman–Crippen MR) is 62.3 cm³/mol. The van der Waals surface area contributed by atoms with Gasteiger partial charge in [-0.1, -0.05) is 0 Å². The fourth-order valence-electron chi connectivity index (χ4n) is 1.50. The zero-order valence-electron chi connectivity index (χ0n) is 11.2. The second-order valence-corrected chi connectivity index (χ2v) is 4.33. The van der Waals surface area contributed by atoms with Gasteiger partial charge in [-0.3, -0.25) is 4.79 Å². The lowest BCUT2D eigenvalue weighted by molar-refractivity contribution is -0.143. The molecule has 112 valence electrons. The first kappa shape index (κ1) is 16.1. The van der Waals surface area contributed by atoms with Crippen LogP contribution in [0.15, 0.2) is 16.7 Å². The van der Waals surface area contributed by atoms with Crippen LogP contribution in [0.1, 0.15) is 34.8 Å². The molecule has 0 radical (unpaired) electrons. The van der Waals surface area contributed by atoms with Crippen LogP contribution in [0, 0.1) is 0 Å². The van der Waals surface area contributed by atoms with Crippen molar-refractivity contribution in [3.05, 3.63) is 23.7 Å². The Balaban J connectivity index is 2.95. The number of alkyl halides is 3. The van der Waals surface area contributed by atoms with Gasteiger partial charge in [0, 0.05) is 12.1 Å². The van der Waals surface area contributed by atoms with Crippen LogP contribution in [0.5, 0.6) is 0 Å². The SMILES string of the molecule is COC(=O)c1coc(C(=O)N(CC(F)(F)F)C(C)C)c1. The summed E-state index contributed by atoms with van der Waals surface area (Å²) in [7, 11) is 1.14. The van der Waals surface area contributed by atoms with Crippen molar-refractivity contribution in [3.8, 4) is 0 Å². The Morgan fingerprint density at radius 1 is 1.40 bits per heavy atom. The van der Waals surface area contributed by atoms with Crippen LogP contribution in [-0.4, -0.2) is 42.6 Å². The first-order valence-electron chi connectivity index (χ1n) is 5.70. The van der Waals surface area contributed by atoms with Crippen molar-refractivity contribution in [1.82, 2.24) is 4.90 Å². The topological polar surface area (TPSA) is 59.8 Å². The Kier molecular flexibility index (Phi) is 4.80. The van der Waals surface area contributed by atoms with Crippen molar-refractivity contribution in [2.45, 2.75) is 26.1 Å². The summed E-state index contributed by atoms with van der Waals surface area (Å²) < 4.78 is 46.5. The summed E-state index contributed by atoms with van der Waals surface area (Å²) in [6.07, 6.45) is -3.55. The van der Waals surface area contributed by atoms with E-state index in [4.69, 9.17) is 4.42 Å². The van der Waals surface area contributed by atoms with Gasteiger partial charge in [-0.2, -0.15) is 13.2 Å². The third-order valence-corrected chi connectivity index (χ3v) is 2.47. The molecule has 1 amide bonds. The number of furan rings is 1. The van der Waals surface area contributed by atoms with Gasteiger partial charge < -0.3 is 14.1 Å². The Bertz CT molecular complexity index is 493. The molecule has 0 aromatic carbocycles. The third kappa shape index (κ3) is 4.01. The monoisotopic (exact) mass is 293 g/mol. The van der Waals surface area contributed by atoms with Crippen LogP contribution < -0.4 is 0 Å². The molecular weight excluding hydrogens is 279 g/mol. The molecular formula is C12H14F3NO4. The molecule has 0 saturated heterocycles. The zero-order valence-corrected chi connectivity index (χ0v) is 11.2. The number of hydrogen-bond acceptors (Lipinski definition) is 4. The second kappa shape index (κ2) is 5.98. The second-order valence-electron chi connectivity index (χ2n) is 4.33. The largest absolute Gasteiger partial charge is 0.465 e. The molecule has 0 aliphatic rings. The van der Waals surface area contributed by atoms with Gasteiger partial charge in [0.25, 0.3) is 5.91 Å². The maximum Gasteiger partial charge on any atom is 0.406 e. The molecule has 0 fully saturated rings. The molecule has 5 nitrogen and oxygen atoms in total. The summed E-state index contributed by atoms with van der Waals surface area (Å²) in [6.45, 7) is 1.51. The zero-order chi connectivity index (χ0) is 15.5. The summed E-state index contributed by atoms with van der Waals surface area (Å²) in [5.41, 5.74) is -0.0356. The molecule has 8 heteroatoms. The molecule has 0 bridgehead atoms. The standard InChI is InChI=1S/C12H14F3NO4/c1-7(2)16(6-12(13,14)15)10(17)9-4-8(5-20-9)11(18)19-3/h4-5,7H,6H2,1-3H3. The number of amides is 1. The number of ether oxygens (including phenoxy) is 1. The number of carbonyl (C=O) groups is 2. The average Bonchev–Trinajstić information content (AvgIpc) is 2.82. The minimum Gasteiger partial charge on any atom is -0.465 e. The van der Waals surface area contributed by atoms with Gasteiger partial charge in [0.2, 0.25) is 0 Å². The van der Waals surface area contributed by atoms with Crippen LogP contribution in [0.2, 0.25) is 0 Å². The van der Waals surface area contributed by atoms with Crippen molar-refractivity contribution >= 4 is 11.9 Å². The minimum atomic E-state index is -4.52. The van der Waals surface area contributed by atoms with E-state index in [0.717, 1.165) is 19.4 Å². The molecule has 0 aliphatic carbocycles. The van der Waals surface area contributed by atoms with Gasteiger partial charge in [-0.15, -0.1) is 0 Å². The lowest BCUT2D eigenvalue weighted by atomic mass is 10.2. The third-order valence-electron chi connectivity index (χ3n) is 2.47. The van der Waals surface area contributed by atoms with Crippen LogP contribution in [0.25, 0.3) is 0 Å². The number of carbonyl (C=O) groups excluding carboxylic acids is 2. The molecule has 0 unspecified atom stereocenters. The van der Waals surface area contributed by atoms with Gasteiger partial charge in [0.15, 0.2) is 5.76 Å². The molecule has 0 aliphatic heterocycles. The predicted octanol–water partition coefficient (Wildman–Crippen LogP) is 2.48. The summed E-state index contributed by atoms with van der Waals surface area (Å²) in [6, 6.07) is 0.385. The lowest BCUT2D eigenvalue weighted by Gasteiger charge is -2.26. The van der Waals surface area contributed by atoms with Crippen molar-refractivity contribution in [2.75, 3.05) is 13.7 Å². The van der Waals surface area contributed by atoms with Crippen LogP contribution in [0.3, 0.4) is 0 Å². The number of rotatable bonds is 4. The van der Waals surface area contributed by atoms with Crippen molar-refractivity contribution in [1.29, 1.82) is 0 Å². The molecule has 1 aromatic heterocycles. The molecule has 1 aromatic rings. The quantitative estimate of drug-likeness (QED) is 0.800. The lowest BCUT2D eigenvalue weighted by Crippen LogP contribution is -2.43. The summed E-state index contributed by atoms with van der Waals surface area (Å²) in [5, 5.41) is 0. The summed E-state index contributed by atoms with van der Waals surface area (Å²) in [4.78, 5) is 23.8. The van der Waals surface area contributed by atoms with E-state index in [1.807, 2.05) is 0 Å². The van der Waals surface area contributed by atoms with Gasteiger partial charge in [-0.05, 0) is 13.8 Å². The van der Waals surface area contributed by atoms with E-state index in [2.05, 4.69) is 4.74 Å². The Morgan fingerprint density at radius 3 is 2.45 bits per heavy atom.